The van der Waals surface area contributed by atoms with Gasteiger partial charge in [-0.1, -0.05) is 17.7 Å². The first-order valence-corrected chi connectivity index (χ1v) is 7.55. The van der Waals surface area contributed by atoms with Gasteiger partial charge in [-0.15, -0.1) is 0 Å². The molecule has 0 spiro atoms. The smallest absolute Gasteiger partial charge is 0.265 e. The van der Waals surface area contributed by atoms with E-state index in [0.29, 0.717) is 0 Å². The largest absolute Gasteiger partial charge is 0.495 e. The second-order valence-electron chi connectivity index (χ2n) is 3.91. The molecule has 0 fully saturated rings. The van der Waals surface area contributed by atoms with Gasteiger partial charge < -0.3 is 4.74 Å². The summed E-state index contributed by atoms with van der Waals surface area (Å²) in [6, 6.07) is 7.88. The highest BCUT2D eigenvalue weighted by Crippen LogP contribution is 2.31. The van der Waals surface area contributed by atoms with E-state index in [4.69, 9.17) is 21.6 Å². The summed E-state index contributed by atoms with van der Waals surface area (Å²) in [7, 11) is -2.60. The van der Waals surface area contributed by atoms with E-state index in [1.807, 2.05) is 6.07 Å². The molecule has 0 aliphatic carbocycles. The quantitative estimate of drug-likeness (QED) is 0.932. The zero-order chi connectivity index (χ0) is 15.5. The molecule has 1 heterocycles. The number of ether oxygens (including phenoxy) is 1. The number of halogens is 1. The van der Waals surface area contributed by atoms with Crippen molar-refractivity contribution < 1.29 is 13.2 Å². The topological polar surface area (TPSA) is 92.1 Å². The first-order valence-electron chi connectivity index (χ1n) is 5.69. The number of aromatic nitrogens is 1. The minimum absolute atomic E-state index is 0.0332. The summed E-state index contributed by atoms with van der Waals surface area (Å²) >= 11 is 5.87. The van der Waals surface area contributed by atoms with E-state index < -0.39 is 10.0 Å². The Kier molecular flexibility index (Phi) is 4.31. The SMILES string of the molecule is COc1cccc(C#N)c1NS(=O)(=O)c1cnccc1Cl. The number of nitriles is 1. The number of nitrogens with one attached hydrogen (secondary N) is 1. The van der Waals surface area contributed by atoms with E-state index in [1.165, 1.54) is 25.4 Å². The van der Waals surface area contributed by atoms with Gasteiger partial charge in [-0.25, -0.2) is 8.42 Å². The van der Waals surface area contributed by atoms with Crippen LogP contribution >= 0.6 is 11.6 Å². The molecule has 0 unspecified atom stereocenters. The molecule has 0 saturated heterocycles. The molecule has 0 amide bonds. The summed E-state index contributed by atoms with van der Waals surface area (Å²) in [5, 5.41) is 9.11. The van der Waals surface area contributed by atoms with E-state index in [9.17, 15) is 8.42 Å². The second kappa shape index (κ2) is 5.99. The lowest BCUT2D eigenvalue weighted by atomic mass is 10.2. The first kappa shape index (κ1) is 15.1. The zero-order valence-electron chi connectivity index (χ0n) is 10.9. The van der Waals surface area contributed by atoms with E-state index in [2.05, 4.69) is 9.71 Å². The fourth-order valence-corrected chi connectivity index (χ4v) is 3.17. The number of rotatable bonds is 4. The van der Waals surface area contributed by atoms with E-state index in [1.54, 1.807) is 12.1 Å². The van der Waals surface area contributed by atoms with Crippen molar-refractivity contribution >= 4 is 27.3 Å². The average Bonchev–Trinajstić information content (AvgIpc) is 2.47. The molecule has 8 heteroatoms. The Hall–Kier alpha value is -2.30. The van der Waals surface area contributed by atoms with Crippen LogP contribution in [0.3, 0.4) is 0 Å². The van der Waals surface area contributed by atoms with Crippen molar-refractivity contribution in [3.05, 3.63) is 47.2 Å². The zero-order valence-corrected chi connectivity index (χ0v) is 12.4. The Balaban J connectivity index is 2.52. The Morgan fingerprint density at radius 3 is 2.76 bits per heavy atom. The van der Waals surface area contributed by atoms with Gasteiger partial charge in [0.15, 0.2) is 0 Å². The lowest BCUT2D eigenvalue weighted by Crippen LogP contribution is -2.15. The second-order valence-corrected chi connectivity index (χ2v) is 5.96. The maximum absolute atomic E-state index is 12.4. The fourth-order valence-electron chi connectivity index (χ4n) is 1.65. The molecule has 0 aliphatic heterocycles. The summed E-state index contributed by atoms with van der Waals surface area (Å²) in [5.74, 6) is 0.234. The van der Waals surface area contributed by atoms with Crippen LogP contribution in [0.15, 0.2) is 41.6 Å². The van der Waals surface area contributed by atoms with Gasteiger partial charge >= 0.3 is 0 Å². The number of pyridine rings is 1. The number of methoxy groups -OCH3 is 1. The standard InChI is InChI=1S/C13H10ClN3O3S/c1-20-11-4-2-3-9(7-15)13(11)17-21(18,19)12-8-16-6-5-10(12)14/h2-6,8,17H,1H3. The molecule has 108 valence electrons. The van der Waals surface area contributed by atoms with Crippen LogP contribution in [0.25, 0.3) is 0 Å². The van der Waals surface area contributed by atoms with Gasteiger partial charge in [-0.05, 0) is 18.2 Å². The lowest BCUT2D eigenvalue weighted by Gasteiger charge is -2.13. The van der Waals surface area contributed by atoms with Crippen LogP contribution < -0.4 is 9.46 Å². The van der Waals surface area contributed by atoms with Crippen LogP contribution in [-0.2, 0) is 10.0 Å². The number of benzene rings is 1. The molecule has 6 nitrogen and oxygen atoms in total. The third-order valence-electron chi connectivity index (χ3n) is 2.63. The Morgan fingerprint density at radius 1 is 1.38 bits per heavy atom. The Bertz CT molecular complexity index is 816. The van der Waals surface area contributed by atoms with Crippen LogP contribution in [0.2, 0.25) is 5.02 Å². The summed E-state index contributed by atoms with van der Waals surface area (Å²) in [4.78, 5) is 3.56. The van der Waals surface area contributed by atoms with Crippen molar-refractivity contribution in [2.75, 3.05) is 11.8 Å². The highest BCUT2D eigenvalue weighted by molar-refractivity contribution is 7.92. The van der Waals surface area contributed by atoms with Crippen molar-refractivity contribution in [3.63, 3.8) is 0 Å². The highest BCUT2D eigenvalue weighted by atomic mass is 35.5. The average molecular weight is 324 g/mol. The maximum Gasteiger partial charge on any atom is 0.265 e. The number of nitrogens with zero attached hydrogens (tertiary/aromatic N) is 2. The molecule has 21 heavy (non-hydrogen) atoms. The molecule has 1 aromatic carbocycles. The van der Waals surface area contributed by atoms with E-state index in [0.717, 1.165) is 6.20 Å². The molecule has 0 bridgehead atoms. The molecule has 0 saturated carbocycles. The van der Waals surface area contributed by atoms with Gasteiger partial charge in [0, 0.05) is 12.4 Å². The van der Waals surface area contributed by atoms with Crippen LogP contribution in [0.1, 0.15) is 5.56 Å². The number of sulfonamides is 1. The fraction of sp³-hybridized carbons (Fsp3) is 0.0769. The number of anilines is 1. The molecular formula is C13H10ClN3O3S. The molecule has 1 aromatic heterocycles. The number of para-hydroxylation sites is 1. The molecule has 0 aliphatic rings. The molecule has 0 radical (unpaired) electrons. The maximum atomic E-state index is 12.4. The van der Waals surface area contributed by atoms with Crippen LogP contribution in [0, 0.1) is 11.3 Å². The molecule has 2 rings (SSSR count). The minimum atomic E-state index is -3.98. The first-order chi connectivity index (χ1) is 9.99. The lowest BCUT2D eigenvalue weighted by molar-refractivity contribution is 0.416. The third-order valence-corrected chi connectivity index (χ3v) is 4.45. The summed E-state index contributed by atoms with van der Waals surface area (Å²) in [6.07, 6.45) is 2.51. The molecule has 1 N–H and O–H groups in total. The van der Waals surface area contributed by atoms with Crippen LogP contribution in [0.4, 0.5) is 5.69 Å². The minimum Gasteiger partial charge on any atom is -0.495 e. The van der Waals surface area contributed by atoms with Gasteiger partial charge in [0.2, 0.25) is 0 Å². The van der Waals surface area contributed by atoms with Crippen molar-refractivity contribution in [1.82, 2.24) is 4.98 Å². The van der Waals surface area contributed by atoms with Gasteiger partial charge in [-0.2, -0.15) is 5.26 Å². The van der Waals surface area contributed by atoms with Crippen molar-refractivity contribution in [2.45, 2.75) is 4.90 Å². The Morgan fingerprint density at radius 2 is 2.14 bits per heavy atom. The van der Waals surface area contributed by atoms with Crippen LogP contribution in [0.5, 0.6) is 5.75 Å². The van der Waals surface area contributed by atoms with Crippen molar-refractivity contribution in [1.29, 1.82) is 5.26 Å². The van der Waals surface area contributed by atoms with E-state index in [-0.39, 0.29) is 26.9 Å². The van der Waals surface area contributed by atoms with Crippen molar-refractivity contribution in [2.24, 2.45) is 0 Å². The summed E-state index contributed by atoms with van der Waals surface area (Å²) in [6.45, 7) is 0. The van der Waals surface area contributed by atoms with Gasteiger partial charge in [0.1, 0.15) is 22.4 Å². The van der Waals surface area contributed by atoms with Crippen LogP contribution in [-0.4, -0.2) is 20.5 Å². The normalized spacial score (nSPS) is 10.7. The van der Waals surface area contributed by atoms with Gasteiger partial charge in [0.25, 0.3) is 10.0 Å². The van der Waals surface area contributed by atoms with Gasteiger partial charge in [0.05, 0.1) is 17.7 Å². The number of hydrogen-bond donors (Lipinski definition) is 1. The molecule has 0 atom stereocenters. The van der Waals surface area contributed by atoms with E-state index >= 15 is 0 Å². The summed E-state index contributed by atoms with van der Waals surface area (Å²) < 4.78 is 32.1. The Labute approximate surface area is 127 Å². The third kappa shape index (κ3) is 3.07. The molecule has 2 aromatic rings. The van der Waals surface area contributed by atoms with Crippen molar-refractivity contribution in [3.8, 4) is 11.8 Å². The molecular weight excluding hydrogens is 314 g/mol. The summed E-state index contributed by atoms with van der Waals surface area (Å²) in [5.41, 5.74) is 0.195. The monoisotopic (exact) mass is 323 g/mol. The highest BCUT2D eigenvalue weighted by Gasteiger charge is 2.21. The predicted octanol–water partition coefficient (Wildman–Crippen LogP) is 2.42. The van der Waals surface area contributed by atoms with Gasteiger partial charge in [-0.3, -0.25) is 9.71 Å². The predicted molar refractivity (Wildman–Crippen MR) is 77.8 cm³/mol. The number of hydrogen-bond acceptors (Lipinski definition) is 5.